The summed E-state index contributed by atoms with van der Waals surface area (Å²) in [5.41, 5.74) is 0. The standard InChI is InChI=1S/C20H43N.C19H41N/c1-3-5-7-9-11-13-15-17-19-21-20-18-16-14-12-10-8-6-4-2;1-3-4-5-6-7-8-9-10-11-12-13-14-15-16-17-18-19-20-2/h21H,3-20H2,1-2H3;20H,3-19H2,1-2H3. The molecule has 0 saturated heterocycles. The third-order valence-electron chi connectivity index (χ3n) is 8.69. The Kier molecular flexibility index (Phi) is 46.6. The molecule has 0 aliphatic heterocycles. The Morgan fingerprint density at radius 1 is 0.244 bits per heavy atom. The Morgan fingerprint density at radius 3 is 0.659 bits per heavy atom. The van der Waals surface area contributed by atoms with E-state index in [2.05, 4.69) is 31.4 Å². The molecule has 0 radical (unpaired) electrons. The zero-order valence-corrected chi connectivity index (χ0v) is 29.7. The van der Waals surface area contributed by atoms with Crippen molar-refractivity contribution in [3.8, 4) is 0 Å². The third-order valence-corrected chi connectivity index (χ3v) is 8.69. The number of hydrogen-bond acceptors (Lipinski definition) is 2. The highest BCUT2D eigenvalue weighted by Gasteiger charge is 1.95. The summed E-state index contributed by atoms with van der Waals surface area (Å²) in [6.07, 6.45) is 46.1. The van der Waals surface area contributed by atoms with Gasteiger partial charge in [0.1, 0.15) is 0 Å². The van der Waals surface area contributed by atoms with Gasteiger partial charge >= 0.3 is 0 Å². The van der Waals surface area contributed by atoms with Gasteiger partial charge in [-0.05, 0) is 45.9 Å². The van der Waals surface area contributed by atoms with Crippen LogP contribution in [0.1, 0.15) is 226 Å². The van der Waals surface area contributed by atoms with Crippen molar-refractivity contribution in [2.24, 2.45) is 0 Å². The fourth-order valence-electron chi connectivity index (χ4n) is 5.74. The summed E-state index contributed by atoms with van der Waals surface area (Å²) in [6.45, 7) is 10.5. The van der Waals surface area contributed by atoms with E-state index in [-0.39, 0.29) is 0 Å². The van der Waals surface area contributed by atoms with Crippen molar-refractivity contribution < 1.29 is 0 Å². The molecule has 0 atom stereocenters. The van der Waals surface area contributed by atoms with E-state index in [1.165, 1.54) is 225 Å². The van der Waals surface area contributed by atoms with Crippen LogP contribution in [0.4, 0.5) is 0 Å². The fraction of sp³-hybridized carbons (Fsp3) is 1.00. The summed E-state index contributed by atoms with van der Waals surface area (Å²) in [5, 5.41) is 6.83. The Labute approximate surface area is 263 Å². The highest BCUT2D eigenvalue weighted by molar-refractivity contribution is 4.53. The minimum atomic E-state index is 1.19. The fourth-order valence-corrected chi connectivity index (χ4v) is 5.74. The molecule has 250 valence electrons. The number of rotatable bonds is 35. The molecule has 0 aromatic heterocycles. The van der Waals surface area contributed by atoms with Crippen molar-refractivity contribution in [2.75, 3.05) is 26.7 Å². The van der Waals surface area contributed by atoms with Gasteiger partial charge in [0.15, 0.2) is 0 Å². The number of unbranched alkanes of at least 4 members (excludes halogenated alkanes) is 29. The highest BCUT2D eigenvalue weighted by Crippen LogP contribution is 2.14. The minimum absolute atomic E-state index is 1.19. The van der Waals surface area contributed by atoms with Gasteiger partial charge in [-0.15, -0.1) is 0 Å². The van der Waals surface area contributed by atoms with Crippen LogP contribution in [-0.2, 0) is 0 Å². The van der Waals surface area contributed by atoms with Gasteiger partial charge in [0, 0.05) is 0 Å². The lowest BCUT2D eigenvalue weighted by molar-refractivity contribution is 0.528. The van der Waals surface area contributed by atoms with E-state index in [4.69, 9.17) is 0 Å². The molecule has 2 N–H and O–H groups in total. The summed E-state index contributed by atoms with van der Waals surface area (Å²) in [5.74, 6) is 0. The zero-order valence-electron chi connectivity index (χ0n) is 29.7. The molecule has 0 fully saturated rings. The van der Waals surface area contributed by atoms with E-state index in [9.17, 15) is 0 Å². The Hall–Kier alpha value is -0.0800. The monoisotopic (exact) mass is 581 g/mol. The first-order chi connectivity index (χ1) is 20.3. The normalized spacial score (nSPS) is 11.1. The third kappa shape index (κ3) is 47.1. The second-order valence-electron chi connectivity index (χ2n) is 13.1. The predicted octanol–water partition coefficient (Wildman–Crippen LogP) is 13.3. The number of nitrogens with one attached hydrogen (secondary N) is 2. The van der Waals surface area contributed by atoms with Crippen LogP contribution < -0.4 is 10.6 Å². The average Bonchev–Trinajstić information content (AvgIpc) is 2.99. The molecule has 0 aliphatic rings. The first-order valence-electron chi connectivity index (χ1n) is 19.7. The summed E-state index contributed by atoms with van der Waals surface area (Å²) >= 11 is 0. The van der Waals surface area contributed by atoms with Crippen LogP contribution in [0.25, 0.3) is 0 Å². The van der Waals surface area contributed by atoms with Crippen molar-refractivity contribution >= 4 is 0 Å². The molecule has 0 aliphatic carbocycles. The van der Waals surface area contributed by atoms with E-state index in [0.717, 1.165) is 0 Å². The van der Waals surface area contributed by atoms with E-state index in [1.54, 1.807) is 0 Å². The quantitative estimate of drug-likeness (QED) is 0.0728. The van der Waals surface area contributed by atoms with E-state index >= 15 is 0 Å². The largest absolute Gasteiger partial charge is 0.320 e. The van der Waals surface area contributed by atoms with Gasteiger partial charge in [0.2, 0.25) is 0 Å². The van der Waals surface area contributed by atoms with Gasteiger partial charge in [0.25, 0.3) is 0 Å². The molecule has 0 saturated carbocycles. The molecule has 0 spiro atoms. The average molecular weight is 581 g/mol. The van der Waals surface area contributed by atoms with Crippen LogP contribution >= 0.6 is 0 Å². The first kappa shape index (κ1) is 43.0. The van der Waals surface area contributed by atoms with Gasteiger partial charge < -0.3 is 10.6 Å². The molecule has 2 heteroatoms. The SMILES string of the molecule is CCCCCCCCCCCCCCCCCCNC.CCCCCCCCCCNCCCCCCCCCC. The van der Waals surface area contributed by atoms with Crippen LogP contribution in [0.3, 0.4) is 0 Å². The smallest absolute Gasteiger partial charge is 0.00489 e. The predicted molar refractivity (Wildman–Crippen MR) is 192 cm³/mol. The number of hydrogen-bond donors (Lipinski definition) is 2. The van der Waals surface area contributed by atoms with Crippen molar-refractivity contribution in [1.82, 2.24) is 10.6 Å². The first-order valence-corrected chi connectivity index (χ1v) is 19.7. The summed E-state index contributed by atoms with van der Waals surface area (Å²) in [7, 11) is 2.05. The molecule has 41 heavy (non-hydrogen) atoms. The van der Waals surface area contributed by atoms with Crippen LogP contribution in [-0.4, -0.2) is 26.7 Å². The van der Waals surface area contributed by atoms with Gasteiger partial charge in [-0.1, -0.05) is 207 Å². The lowest BCUT2D eigenvalue weighted by atomic mass is 10.0. The molecule has 0 rings (SSSR count). The van der Waals surface area contributed by atoms with Crippen LogP contribution in [0.2, 0.25) is 0 Å². The summed E-state index contributed by atoms with van der Waals surface area (Å²) in [4.78, 5) is 0. The topological polar surface area (TPSA) is 24.1 Å². The Morgan fingerprint density at radius 2 is 0.439 bits per heavy atom. The van der Waals surface area contributed by atoms with Crippen molar-refractivity contribution in [3.63, 3.8) is 0 Å². The zero-order chi connectivity index (χ0) is 30.2. The molecule has 0 aromatic rings. The molecule has 0 heterocycles. The molecule has 0 unspecified atom stereocenters. The summed E-state index contributed by atoms with van der Waals surface area (Å²) in [6, 6.07) is 0. The van der Waals surface area contributed by atoms with Crippen molar-refractivity contribution in [3.05, 3.63) is 0 Å². The van der Waals surface area contributed by atoms with Gasteiger partial charge in [-0.3, -0.25) is 0 Å². The van der Waals surface area contributed by atoms with Crippen molar-refractivity contribution in [1.29, 1.82) is 0 Å². The molecule has 0 amide bonds. The van der Waals surface area contributed by atoms with Gasteiger partial charge in [0.05, 0.1) is 0 Å². The van der Waals surface area contributed by atoms with E-state index in [1.807, 2.05) is 7.05 Å². The van der Waals surface area contributed by atoms with Crippen LogP contribution in [0.15, 0.2) is 0 Å². The molecular weight excluding hydrogens is 496 g/mol. The lowest BCUT2D eigenvalue weighted by Gasteiger charge is -2.05. The van der Waals surface area contributed by atoms with E-state index in [0.29, 0.717) is 0 Å². The van der Waals surface area contributed by atoms with Crippen LogP contribution in [0.5, 0.6) is 0 Å². The highest BCUT2D eigenvalue weighted by atomic mass is 14.8. The molecular formula is C39H84N2. The van der Waals surface area contributed by atoms with Crippen molar-refractivity contribution in [2.45, 2.75) is 226 Å². The minimum Gasteiger partial charge on any atom is -0.320 e. The lowest BCUT2D eigenvalue weighted by Crippen LogP contribution is -2.16. The Balaban J connectivity index is 0. The second kappa shape index (κ2) is 44.4. The van der Waals surface area contributed by atoms with Gasteiger partial charge in [-0.25, -0.2) is 0 Å². The maximum Gasteiger partial charge on any atom is -0.00489 e. The van der Waals surface area contributed by atoms with Gasteiger partial charge in [-0.2, -0.15) is 0 Å². The maximum absolute atomic E-state index is 3.61. The molecule has 0 aromatic carbocycles. The second-order valence-corrected chi connectivity index (χ2v) is 13.1. The Bertz CT molecular complexity index is 361. The molecule has 2 nitrogen and oxygen atoms in total. The van der Waals surface area contributed by atoms with Crippen LogP contribution in [0, 0.1) is 0 Å². The molecule has 0 bridgehead atoms. The van der Waals surface area contributed by atoms with E-state index < -0.39 is 0 Å². The maximum atomic E-state index is 3.61. The summed E-state index contributed by atoms with van der Waals surface area (Å²) < 4.78 is 0.